The van der Waals surface area contributed by atoms with Crippen molar-refractivity contribution >= 4 is 11.8 Å². The molecule has 0 bridgehead atoms. The molecular weight excluding hydrogens is 386 g/mol. The van der Waals surface area contributed by atoms with Gasteiger partial charge in [0.15, 0.2) is 0 Å². The molecule has 0 radical (unpaired) electrons. The average Bonchev–Trinajstić information content (AvgIpc) is 2.68. The van der Waals surface area contributed by atoms with Gasteiger partial charge >= 0.3 is 6.09 Å². The zero-order valence-electron chi connectivity index (χ0n) is 20.5. The van der Waals surface area contributed by atoms with E-state index in [1.807, 2.05) is 20.8 Å². The van der Waals surface area contributed by atoms with E-state index in [2.05, 4.69) is 43.5 Å². The van der Waals surface area contributed by atoms with Crippen molar-refractivity contribution in [2.24, 2.45) is 11.3 Å². The molecule has 2 N–H and O–H groups in total. The summed E-state index contributed by atoms with van der Waals surface area (Å²) in [5.41, 5.74) is 3.62. The quantitative estimate of drug-likeness (QED) is 0.556. The van der Waals surface area contributed by atoms with Crippen molar-refractivity contribution in [1.82, 2.24) is 10.3 Å². The maximum absolute atomic E-state index is 11.9. The van der Waals surface area contributed by atoms with Crippen LogP contribution in [0.2, 0.25) is 0 Å². The largest absolute Gasteiger partial charge is 0.444 e. The van der Waals surface area contributed by atoms with Crippen LogP contribution < -0.4 is 10.6 Å². The van der Waals surface area contributed by atoms with Crippen LogP contribution in [0.1, 0.15) is 103 Å². The molecule has 2 fully saturated rings. The van der Waals surface area contributed by atoms with Crippen molar-refractivity contribution < 1.29 is 9.53 Å². The number of carbonyl (C=O) groups is 1. The van der Waals surface area contributed by atoms with Gasteiger partial charge in [-0.15, -0.1) is 0 Å². The minimum Gasteiger partial charge on any atom is -0.444 e. The summed E-state index contributed by atoms with van der Waals surface area (Å²) in [5, 5.41) is 6.67. The first-order valence-corrected chi connectivity index (χ1v) is 12.2. The molecule has 5 nitrogen and oxygen atoms in total. The Morgan fingerprint density at radius 3 is 2.32 bits per heavy atom. The molecule has 31 heavy (non-hydrogen) atoms. The Hall–Kier alpha value is -1.78. The second-order valence-electron chi connectivity index (χ2n) is 11.6. The highest BCUT2D eigenvalue weighted by molar-refractivity contribution is 5.67. The van der Waals surface area contributed by atoms with Crippen LogP contribution in [0.3, 0.4) is 0 Å². The van der Waals surface area contributed by atoms with Gasteiger partial charge < -0.3 is 15.4 Å². The Kier molecular flexibility index (Phi) is 7.54. The van der Waals surface area contributed by atoms with Gasteiger partial charge in [-0.05, 0) is 103 Å². The fourth-order valence-electron chi connectivity index (χ4n) is 4.93. The lowest BCUT2D eigenvalue weighted by atomic mass is 9.72. The third-order valence-corrected chi connectivity index (χ3v) is 7.01. The first kappa shape index (κ1) is 23.9. The number of aryl methyl sites for hydroxylation is 1. The van der Waals surface area contributed by atoms with Crippen LogP contribution in [0, 0.1) is 18.3 Å². The van der Waals surface area contributed by atoms with Crippen LogP contribution in [0.5, 0.6) is 0 Å². The zero-order valence-corrected chi connectivity index (χ0v) is 20.5. The molecule has 0 spiro atoms. The highest BCUT2D eigenvalue weighted by atomic mass is 16.6. The lowest BCUT2D eigenvalue weighted by molar-refractivity contribution is 0.0515. The molecule has 1 heterocycles. The van der Waals surface area contributed by atoms with Gasteiger partial charge in [-0.25, -0.2) is 4.79 Å². The van der Waals surface area contributed by atoms with Gasteiger partial charge in [-0.3, -0.25) is 4.98 Å². The van der Waals surface area contributed by atoms with Crippen molar-refractivity contribution in [2.45, 2.75) is 110 Å². The van der Waals surface area contributed by atoms with E-state index in [4.69, 9.17) is 9.72 Å². The summed E-state index contributed by atoms with van der Waals surface area (Å²) >= 11 is 0. The van der Waals surface area contributed by atoms with E-state index in [1.165, 1.54) is 37.1 Å². The summed E-state index contributed by atoms with van der Waals surface area (Å²) < 4.78 is 5.34. The van der Waals surface area contributed by atoms with Crippen LogP contribution in [0.4, 0.5) is 10.5 Å². The molecular formula is C26H43N3O2. The predicted molar refractivity (Wildman–Crippen MR) is 128 cm³/mol. The molecule has 0 saturated heterocycles. The third kappa shape index (κ3) is 7.40. The number of nitrogens with zero attached hydrogens (tertiary/aromatic N) is 1. The highest BCUT2D eigenvalue weighted by Crippen LogP contribution is 2.42. The van der Waals surface area contributed by atoms with Gasteiger partial charge in [0.05, 0.1) is 11.4 Å². The molecule has 5 heteroatoms. The number of rotatable bonds is 5. The Bertz CT molecular complexity index is 736. The number of carbonyl (C=O) groups excluding carboxylic acids is 1. The van der Waals surface area contributed by atoms with E-state index < -0.39 is 5.60 Å². The molecule has 0 aromatic carbocycles. The highest BCUT2D eigenvalue weighted by Gasteiger charge is 2.29. The summed E-state index contributed by atoms with van der Waals surface area (Å²) in [5.74, 6) is 1.15. The molecule has 1 aromatic heterocycles. The van der Waals surface area contributed by atoms with E-state index in [9.17, 15) is 4.79 Å². The molecule has 0 aliphatic heterocycles. The number of ether oxygens (including phenoxy) is 1. The third-order valence-electron chi connectivity index (χ3n) is 7.01. The van der Waals surface area contributed by atoms with E-state index >= 15 is 0 Å². The normalized spacial score (nSPS) is 24.5. The first-order chi connectivity index (χ1) is 14.5. The second-order valence-corrected chi connectivity index (χ2v) is 11.6. The number of aromatic nitrogens is 1. The SMILES string of the molecule is Cc1nc(C2CCC(C)(C)CC2)ccc1NC1CCC(CNC(=O)OC(C)(C)C)CC1. The van der Waals surface area contributed by atoms with Crippen LogP contribution in [-0.2, 0) is 4.74 Å². The van der Waals surface area contributed by atoms with Gasteiger partial charge in [-0.2, -0.15) is 0 Å². The van der Waals surface area contributed by atoms with Crippen molar-refractivity contribution in [2.75, 3.05) is 11.9 Å². The van der Waals surface area contributed by atoms with Crippen molar-refractivity contribution in [3.8, 4) is 0 Å². The zero-order chi connectivity index (χ0) is 22.6. The summed E-state index contributed by atoms with van der Waals surface area (Å²) in [6, 6.07) is 4.97. The number of anilines is 1. The molecule has 174 valence electrons. The fraction of sp³-hybridized carbons (Fsp3) is 0.769. The number of hydrogen-bond acceptors (Lipinski definition) is 4. The summed E-state index contributed by atoms with van der Waals surface area (Å²) in [4.78, 5) is 16.8. The number of alkyl carbamates (subject to hydrolysis) is 1. The van der Waals surface area contributed by atoms with Gasteiger partial charge in [-0.1, -0.05) is 13.8 Å². The summed E-state index contributed by atoms with van der Waals surface area (Å²) in [6.07, 6.45) is 9.29. The maximum Gasteiger partial charge on any atom is 0.407 e. The van der Waals surface area contributed by atoms with Gasteiger partial charge in [0, 0.05) is 24.2 Å². The average molecular weight is 430 g/mol. The Balaban J connectivity index is 1.44. The molecule has 0 atom stereocenters. The number of amides is 1. The smallest absolute Gasteiger partial charge is 0.407 e. The van der Waals surface area contributed by atoms with E-state index in [-0.39, 0.29) is 6.09 Å². The van der Waals surface area contributed by atoms with E-state index in [1.54, 1.807) is 0 Å². The maximum atomic E-state index is 11.9. The lowest BCUT2D eigenvalue weighted by Gasteiger charge is -2.34. The molecule has 3 rings (SSSR count). The molecule has 2 saturated carbocycles. The van der Waals surface area contributed by atoms with Crippen LogP contribution in [0.25, 0.3) is 0 Å². The number of nitrogens with one attached hydrogen (secondary N) is 2. The van der Waals surface area contributed by atoms with Crippen LogP contribution in [0.15, 0.2) is 12.1 Å². The standard InChI is InChI=1S/C26H43N3O2/c1-18-22(11-12-23(28-18)20-13-15-26(5,6)16-14-20)29-21-9-7-19(8-10-21)17-27-24(30)31-25(2,3)4/h11-12,19-21,29H,7-10,13-17H2,1-6H3,(H,27,30). The van der Waals surface area contributed by atoms with Crippen molar-refractivity contribution in [3.05, 3.63) is 23.5 Å². The number of pyridine rings is 1. The minimum atomic E-state index is -0.444. The predicted octanol–water partition coefficient (Wildman–Crippen LogP) is 6.57. The molecule has 1 aromatic rings. The van der Waals surface area contributed by atoms with Crippen LogP contribution in [-0.4, -0.2) is 29.3 Å². The summed E-state index contributed by atoms with van der Waals surface area (Å²) in [6.45, 7) is 13.3. The Morgan fingerprint density at radius 2 is 1.74 bits per heavy atom. The van der Waals surface area contributed by atoms with Crippen molar-refractivity contribution in [3.63, 3.8) is 0 Å². The lowest BCUT2D eigenvalue weighted by Crippen LogP contribution is -2.37. The minimum absolute atomic E-state index is 0.309. The van der Waals surface area contributed by atoms with E-state index in [0.717, 1.165) is 31.4 Å². The molecule has 1 amide bonds. The van der Waals surface area contributed by atoms with Gasteiger partial charge in [0.1, 0.15) is 5.60 Å². The van der Waals surface area contributed by atoms with Gasteiger partial charge in [0.25, 0.3) is 0 Å². The monoisotopic (exact) mass is 429 g/mol. The fourth-order valence-corrected chi connectivity index (χ4v) is 4.93. The number of hydrogen-bond donors (Lipinski definition) is 2. The van der Waals surface area contributed by atoms with Crippen LogP contribution >= 0.6 is 0 Å². The van der Waals surface area contributed by atoms with Gasteiger partial charge in [0.2, 0.25) is 0 Å². The Morgan fingerprint density at radius 1 is 1.10 bits per heavy atom. The van der Waals surface area contributed by atoms with E-state index in [0.29, 0.717) is 29.8 Å². The molecule has 2 aliphatic carbocycles. The topological polar surface area (TPSA) is 63.2 Å². The molecule has 0 unspecified atom stereocenters. The Labute approximate surface area is 189 Å². The van der Waals surface area contributed by atoms with Crippen molar-refractivity contribution in [1.29, 1.82) is 0 Å². The molecule has 2 aliphatic rings. The first-order valence-electron chi connectivity index (χ1n) is 12.2. The summed E-state index contributed by atoms with van der Waals surface area (Å²) in [7, 11) is 0. The second kappa shape index (κ2) is 9.79.